The van der Waals surface area contributed by atoms with Gasteiger partial charge >= 0.3 is 0 Å². The Morgan fingerprint density at radius 2 is 1.84 bits per heavy atom. The SMILES string of the molecule is CSc1ccccc1NC(=O)c1ccc(F)c(F)c1. The molecule has 2 aromatic carbocycles. The molecule has 0 saturated heterocycles. The number of benzene rings is 2. The van der Waals surface area contributed by atoms with Gasteiger partial charge in [0.05, 0.1) is 5.69 Å². The predicted molar refractivity (Wildman–Crippen MR) is 72.5 cm³/mol. The van der Waals surface area contributed by atoms with Gasteiger partial charge in [-0.2, -0.15) is 0 Å². The van der Waals surface area contributed by atoms with E-state index in [2.05, 4.69) is 5.32 Å². The number of halogens is 2. The Labute approximate surface area is 113 Å². The van der Waals surface area contributed by atoms with Crippen LogP contribution in [0.1, 0.15) is 10.4 Å². The van der Waals surface area contributed by atoms with Gasteiger partial charge in [0, 0.05) is 10.5 Å². The van der Waals surface area contributed by atoms with Gasteiger partial charge in [0.2, 0.25) is 0 Å². The second-order valence-electron chi connectivity index (χ2n) is 3.78. The number of para-hydroxylation sites is 1. The van der Waals surface area contributed by atoms with Crippen molar-refractivity contribution in [1.29, 1.82) is 0 Å². The van der Waals surface area contributed by atoms with E-state index in [-0.39, 0.29) is 5.56 Å². The van der Waals surface area contributed by atoms with E-state index in [1.807, 2.05) is 18.4 Å². The molecule has 0 aromatic heterocycles. The summed E-state index contributed by atoms with van der Waals surface area (Å²) < 4.78 is 25.9. The fourth-order valence-electron chi connectivity index (χ4n) is 1.58. The monoisotopic (exact) mass is 279 g/mol. The number of thioether (sulfide) groups is 1. The van der Waals surface area contributed by atoms with Gasteiger partial charge in [-0.3, -0.25) is 4.79 Å². The standard InChI is InChI=1S/C14H11F2NOS/c1-19-13-5-3-2-4-12(13)17-14(18)9-6-7-10(15)11(16)8-9/h2-8H,1H3,(H,17,18). The minimum Gasteiger partial charge on any atom is -0.321 e. The second kappa shape index (κ2) is 5.84. The Hall–Kier alpha value is -1.88. The van der Waals surface area contributed by atoms with E-state index >= 15 is 0 Å². The van der Waals surface area contributed by atoms with E-state index in [0.717, 1.165) is 17.0 Å². The van der Waals surface area contributed by atoms with Crippen LogP contribution in [0.25, 0.3) is 0 Å². The number of carbonyl (C=O) groups excluding carboxylic acids is 1. The normalized spacial score (nSPS) is 10.3. The van der Waals surface area contributed by atoms with Gasteiger partial charge in [-0.1, -0.05) is 12.1 Å². The first-order valence-corrected chi connectivity index (χ1v) is 6.73. The molecule has 1 amide bonds. The van der Waals surface area contributed by atoms with Gasteiger partial charge in [-0.25, -0.2) is 8.78 Å². The Morgan fingerprint density at radius 1 is 1.11 bits per heavy atom. The van der Waals surface area contributed by atoms with Crippen LogP contribution in [0.4, 0.5) is 14.5 Å². The molecule has 0 atom stereocenters. The van der Waals surface area contributed by atoms with Crippen LogP contribution in [0.2, 0.25) is 0 Å². The average molecular weight is 279 g/mol. The summed E-state index contributed by atoms with van der Waals surface area (Å²) in [4.78, 5) is 12.8. The van der Waals surface area contributed by atoms with Crippen molar-refractivity contribution >= 4 is 23.4 Å². The molecule has 0 heterocycles. The summed E-state index contributed by atoms with van der Waals surface area (Å²) in [6.45, 7) is 0. The van der Waals surface area contributed by atoms with E-state index in [1.165, 1.54) is 17.8 Å². The quantitative estimate of drug-likeness (QED) is 0.862. The van der Waals surface area contributed by atoms with Crippen LogP contribution in [0, 0.1) is 11.6 Å². The van der Waals surface area contributed by atoms with Gasteiger partial charge < -0.3 is 5.32 Å². The molecule has 5 heteroatoms. The molecule has 0 aliphatic carbocycles. The number of rotatable bonds is 3. The third-order valence-corrected chi connectivity index (χ3v) is 3.33. The molecule has 0 aliphatic rings. The number of anilines is 1. The lowest BCUT2D eigenvalue weighted by atomic mass is 10.2. The van der Waals surface area contributed by atoms with Crippen molar-refractivity contribution in [1.82, 2.24) is 0 Å². The highest BCUT2D eigenvalue weighted by molar-refractivity contribution is 7.98. The Bertz CT molecular complexity index is 616. The van der Waals surface area contributed by atoms with Crippen LogP contribution in [0.3, 0.4) is 0 Å². The van der Waals surface area contributed by atoms with Gasteiger partial charge in [0.1, 0.15) is 0 Å². The van der Waals surface area contributed by atoms with Crippen LogP contribution in [0.5, 0.6) is 0 Å². The van der Waals surface area contributed by atoms with Crippen molar-refractivity contribution in [3.63, 3.8) is 0 Å². The van der Waals surface area contributed by atoms with Gasteiger partial charge in [0.15, 0.2) is 11.6 Å². The fourth-order valence-corrected chi connectivity index (χ4v) is 2.13. The van der Waals surface area contributed by atoms with Gasteiger partial charge in [-0.05, 0) is 36.6 Å². The van der Waals surface area contributed by atoms with Gasteiger partial charge in [-0.15, -0.1) is 11.8 Å². The minimum atomic E-state index is -1.04. The number of carbonyl (C=O) groups is 1. The third kappa shape index (κ3) is 3.12. The fraction of sp³-hybridized carbons (Fsp3) is 0.0714. The van der Waals surface area contributed by atoms with Crippen molar-refractivity contribution in [2.45, 2.75) is 4.90 Å². The summed E-state index contributed by atoms with van der Waals surface area (Å²) in [5.74, 6) is -2.48. The zero-order valence-corrected chi connectivity index (χ0v) is 10.9. The van der Waals surface area contributed by atoms with E-state index in [9.17, 15) is 13.6 Å². The lowest BCUT2D eigenvalue weighted by Crippen LogP contribution is -2.13. The predicted octanol–water partition coefficient (Wildman–Crippen LogP) is 3.94. The molecule has 2 rings (SSSR count). The number of hydrogen-bond donors (Lipinski definition) is 1. The Morgan fingerprint density at radius 3 is 2.53 bits per heavy atom. The first-order valence-electron chi connectivity index (χ1n) is 5.51. The molecule has 0 spiro atoms. The van der Waals surface area contributed by atoms with E-state index in [1.54, 1.807) is 12.1 Å². The van der Waals surface area contributed by atoms with Crippen molar-refractivity contribution in [2.75, 3.05) is 11.6 Å². The van der Waals surface area contributed by atoms with E-state index in [0.29, 0.717) is 5.69 Å². The second-order valence-corrected chi connectivity index (χ2v) is 4.63. The van der Waals surface area contributed by atoms with Crippen molar-refractivity contribution in [2.24, 2.45) is 0 Å². The smallest absolute Gasteiger partial charge is 0.255 e. The molecule has 2 nitrogen and oxygen atoms in total. The first kappa shape index (κ1) is 13.5. The Kier molecular flexibility index (Phi) is 4.16. The molecular formula is C14H11F2NOS. The van der Waals surface area contributed by atoms with E-state index < -0.39 is 17.5 Å². The molecule has 0 aliphatic heterocycles. The molecule has 0 fully saturated rings. The summed E-state index contributed by atoms with van der Waals surface area (Å²) in [7, 11) is 0. The molecule has 98 valence electrons. The topological polar surface area (TPSA) is 29.1 Å². The van der Waals surface area contributed by atoms with Crippen molar-refractivity contribution in [3.05, 3.63) is 59.7 Å². The lowest BCUT2D eigenvalue weighted by Gasteiger charge is -2.09. The number of hydrogen-bond acceptors (Lipinski definition) is 2. The summed E-state index contributed by atoms with van der Waals surface area (Å²) >= 11 is 1.49. The molecular weight excluding hydrogens is 268 g/mol. The summed E-state index contributed by atoms with van der Waals surface area (Å²) in [5.41, 5.74) is 0.722. The molecule has 0 unspecified atom stereocenters. The van der Waals surface area contributed by atoms with Crippen LogP contribution in [-0.4, -0.2) is 12.2 Å². The summed E-state index contributed by atoms with van der Waals surface area (Å²) in [5, 5.41) is 2.68. The van der Waals surface area contributed by atoms with Crippen molar-refractivity contribution in [3.8, 4) is 0 Å². The number of nitrogens with one attached hydrogen (secondary N) is 1. The third-order valence-electron chi connectivity index (χ3n) is 2.54. The van der Waals surface area contributed by atoms with Crippen LogP contribution < -0.4 is 5.32 Å². The summed E-state index contributed by atoms with van der Waals surface area (Å²) in [6, 6.07) is 10.3. The zero-order chi connectivity index (χ0) is 13.8. The maximum atomic E-state index is 13.1. The molecule has 0 bridgehead atoms. The van der Waals surface area contributed by atoms with Crippen LogP contribution >= 0.6 is 11.8 Å². The molecule has 1 N–H and O–H groups in total. The largest absolute Gasteiger partial charge is 0.321 e. The number of amides is 1. The van der Waals surface area contributed by atoms with Crippen LogP contribution in [0.15, 0.2) is 47.4 Å². The zero-order valence-electron chi connectivity index (χ0n) is 10.1. The highest BCUT2D eigenvalue weighted by Crippen LogP contribution is 2.25. The molecule has 19 heavy (non-hydrogen) atoms. The minimum absolute atomic E-state index is 0.0785. The van der Waals surface area contributed by atoms with Gasteiger partial charge in [0.25, 0.3) is 5.91 Å². The van der Waals surface area contributed by atoms with E-state index in [4.69, 9.17) is 0 Å². The molecule has 0 saturated carbocycles. The maximum absolute atomic E-state index is 13.1. The average Bonchev–Trinajstić information content (AvgIpc) is 2.42. The Balaban J connectivity index is 2.23. The maximum Gasteiger partial charge on any atom is 0.255 e. The first-order chi connectivity index (χ1) is 9.11. The summed E-state index contributed by atoms with van der Waals surface area (Å²) in [6.07, 6.45) is 1.89. The molecule has 2 aromatic rings. The highest BCUT2D eigenvalue weighted by atomic mass is 32.2. The molecule has 0 radical (unpaired) electrons. The highest BCUT2D eigenvalue weighted by Gasteiger charge is 2.11. The lowest BCUT2D eigenvalue weighted by molar-refractivity contribution is 0.102. The van der Waals surface area contributed by atoms with Crippen molar-refractivity contribution < 1.29 is 13.6 Å². The van der Waals surface area contributed by atoms with Crippen LogP contribution in [-0.2, 0) is 0 Å².